The number of rotatable bonds is 4. The summed E-state index contributed by atoms with van der Waals surface area (Å²) in [6.07, 6.45) is 5.43. The van der Waals surface area contributed by atoms with Crippen LogP contribution in [0, 0.1) is 0 Å². The number of aryl methyl sites for hydroxylation is 1. The Bertz CT molecular complexity index is 973. The summed E-state index contributed by atoms with van der Waals surface area (Å²) in [5.41, 5.74) is 4.23. The number of nitrogens with one attached hydrogen (secondary N) is 1. The maximum Gasteiger partial charge on any atom is 0.259 e. The van der Waals surface area contributed by atoms with Crippen LogP contribution >= 0.6 is 0 Å². The number of ether oxygens (including phenoxy) is 1. The van der Waals surface area contributed by atoms with Crippen LogP contribution in [0.1, 0.15) is 29.6 Å². The number of methoxy groups -OCH3 is 1. The lowest BCUT2D eigenvalue weighted by atomic mass is 10.1. The second-order valence-corrected chi connectivity index (χ2v) is 6.95. The van der Waals surface area contributed by atoms with Gasteiger partial charge >= 0.3 is 0 Å². The van der Waals surface area contributed by atoms with E-state index in [0.29, 0.717) is 11.3 Å². The standard InChI is InChI=1S/C21H24N4O2/c1-24-14-22-18-8-6-15(12-19(18)24)23-21(26)17-13-16(7-9-20(17)27-2)25-10-4-3-5-11-25/h6-9,12-14H,3-5,10-11H2,1-2H3,(H,23,26). The van der Waals surface area contributed by atoms with Crippen LogP contribution in [0.3, 0.4) is 0 Å². The summed E-state index contributed by atoms with van der Waals surface area (Å²) >= 11 is 0. The first-order valence-corrected chi connectivity index (χ1v) is 9.31. The van der Waals surface area contributed by atoms with Gasteiger partial charge in [-0.05, 0) is 55.7 Å². The van der Waals surface area contributed by atoms with Crippen molar-refractivity contribution in [1.29, 1.82) is 0 Å². The summed E-state index contributed by atoms with van der Waals surface area (Å²) in [5.74, 6) is 0.405. The van der Waals surface area contributed by atoms with Crippen molar-refractivity contribution in [1.82, 2.24) is 9.55 Å². The Morgan fingerprint density at radius 1 is 1.11 bits per heavy atom. The number of anilines is 2. The number of aromatic nitrogens is 2. The third kappa shape index (κ3) is 3.47. The number of amides is 1. The van der Waals surface area contributed by atoms with Crippen LogP contribution in [-0.4, -0.2) is 35.7 Å². The summed E-state index contributed by atoms with van der Waals surface area (Å²) in [4.78, 5) is 19.6. The normalized spacial score (nSPS) is 14.4. The van der Waals surface area contributed by atoms with Crippen molar-refractivity contribution < 1.29 is 9.53 Å². The summed E-state index contributed by atoms with van der Waals surface area (Å²) in [5, 5.41) is 2.99. The van der Waals surface area contributed by atoms with Gasteiger partial charge in [-0.15, -0.1) is 0 Å². The van der Waals surface area contributed by atoms with E-state index in [1.165, 1.54) is 19.3 Å². The Labute approximate surface area is 158 Å². The molecule has 0 aliphatic carbocycles. The number of hydrogen-bond donors (Lipinski definition) is 1. The van der Waals surface area contributed by atoms with Gasteiger partial charge in [0.15, 0.2) is 0 Å². The van der Waals surface area contributed by atoms with Gasteiger partial charge in [0.05, 0.1) is 30.0 Å². The maximum atomic E-state index is 13.0. The molecule has 0 bridgehead atoms. The topological polar surface area (TPSA) is 59.4 Å². The van der Waals surface area contributed by atoms with Crippen molar-refractivity contribution in [3.05, 3.63) is 48.3 Å². The smallest absolute Gasteiger partial charge is 0.259 e. The molecule has 6 heteroatoms. The van der Waals surface area contributed by atoms with Crippen LogP contribution in [0.25, 0.3) is 11.0 Å². The molecule has 1 N–H and O–H groups in total. The van der Waals surface area contributed by atoms with E-state index in [2.05, 4.69) is 15.2 Å². The molecule has 0 atom stereocenters. The quantitative estimate of drug-likeness (QED) is 0.764. The Morgan fingerprint density at radius 2 is 1.93 bits per heavy atom. The van der Waals surface area contributed by atoms with Crippen molar-refractivity contribution in [3.8, 4) is 5.75 Å². The first kappa shape index (κ1) is 17.4. The summed E-state index contributed by atoms with van der Waals surface area (Å²) < 4.78 is 7.36. The number of imidazole rings is 1. The third-order valence-corrected chi connectivity index (χ3v) is 5.13. The van der Waals surface area contributed by atoms with Crippen LogP contribution in [0.5, 0.6) is 5.75 Å². The van der Waals surface area contributed by atoms with Gasteiger partial charge in [0.1, 0.15) is 5.75 Å². The zero-order chi connectivity index (χ0) is 18.8. The van der Waals surface area contributed by atoms with E-state index in [0.717, 1.165) is 35.5 Å². The van der Waals surface area contributed by atoms with E-state index in [1.807, 2.05) is 48.0 Å². The molecule has 0 unspecified atom stereocenters. The van der Waals surface area contributed by atoms with E-state index >= 15 is 0 Å². The molecule has 1 aromatic heterocycles. The van der Waals surface area contributed by atoms with Crippen molar-refractivity contribution >= 4 is 28.3 Å². The molecular formula is C21H24N4O2. The molecule has 1 aliphatic rings. The van der Waals surface area contributed by atoms with Gasteiger partial charge in [-0.3, -0.25) is 4.79 Å². The van der Waals surface area contributed by atoms with Gasteiger partial charge in [0.25, 0.3) is 5.91 Å². The van der Waals surface area contributed by atoms with Crippen molar-refractivity contribution in [3.63, 3.8) is 0 Å². The van der Waals surface area contributed by atoms with Crippen LogP contribution in [0.2, 0.25) is 0 Å². The molecule has 140 valence electrons. The van der Waals surface area contributed by atoms with Gasteiger partial charge < -0.3 is 19.5 Å². The fourth-order valence-electron chi connectivity index (χ4n) is 3.62. The summed E-state index contributed by atoms with van der Waals surface area (Å²) in [7, 11) is 3.53. The molecular weight excluding hydrogens is 340 g/mol. The molecule has 0 radical (unpaired) electrons. The molecule has 4 rings (SSSR count). The first-order chi connectivity index (χ1) is 13.2. The fourth-order valence-corrected chi connectivity index (χ4v) is 3.62. The molecule has 3 aromatic rings. The lowest BCUT2D eigenvalue weighted by Gasteiger charge is -2.29. The fraction of sp³-hybridized carbons (Fsp3) is 0.333. The molecule has 1 fully saturated rings. The molecule has 6 nitrogen and oxygen atoms in total. The maximum absolute atomic E-state index is 13.0. The summed E-state index contributed by atoms with van der Waals surface area (Å²) in [6.45, 7) is 2.06. The molecule has 1 saturated heterocycles. The molecule has 0 spiro atoms. The zero-order valence-corrected chi connectivity index (χ0v) is 15.7. The first-order valence-electron chi connectivity index (χ1n) is 9.31. The predicted octanol–water partition coefficient (Wildman–Crippen LogP) is 3.82. The number of nitrogens with zero attached hydrogens (tertiary/aromatic N) is 3. The highest BCUT2D eigenvalue weighted by molar-refractivity contribution is 6.07. The van der Waals surface area contributed by atoms with Crippen molar-refractivity contribution in [2.45, 2.75) is 19.3 Å². The average molecular weight is 364 g/mol. The number of hydrogen-bond acceptors (Lipinski definition) is 4. The molecule has 1 aliphatic heterocycles. The van der Waals surface area contributed by atoms with Crippen LogP contribution < -0.4 is 15.0 Å². The Kier molecular flexibility index (Phi) is 4.71. The number of benzene rings is 2. The number of carbonyl (C=O) groups excluding carboxylic acids is 1. The van der Waals surface area contributed by atoms with Crippen LogP contribution in [0.15, 0.2) is 42.7 Å². The van der Waals surface area contributed by atoms with Gasteiger partial charge in [-0.2, -0.15) is 0 Å². The predicted molar refractivity (Wildman–Crippen MR) is 108 cm³/mol. The molecule has 2 aromatic carbocycles. The number of fused-ring (bicyclic) bond motifs is 1. The van der Waals surface area contributed by atoms with E-state index in [1.54, 1.807) is 13.4 Å². The highest BCUT2D eigenvalue weighted by atomic mass is 16.5. The lowest BCUT2D eigenvalue weighted by molar-refractivity contribution is 0.102. The average Bonchev–Trinajstić information content (AvgIpc) is 3.08. The zero-order valence-electron chi connectivity index (χ0n) is 15.7. The van der Waals surface area contributed by atoms with E-state index in [4.69, 9.17) is 4.74 Å². The van der Waals surface area contributed by atoms with Gasteiger partial charge in [0.2, 0.25) is 0 Å². The molecule has 2 heterocycles. The van der Waals surface area contributed by atoms with Gasteiger partial charge in [-0.1, -0.05) is 0 Å². The van der Waals surface area contributed by atoms with Crippen LogP contribution in [0.4, 0.5) is 11.4 Å². The summed E-state index contributed by atoms with van der Waals surface area (Å²) in [6, 6.07) is 11.6. The van der Waals surface area contributed by atoms with Crippen molar-refractivity contribution in [2.24, 2.45) is 7.05 Å². The second kappa shape index (κ2) is 7.31. The number of carbonyl (C=O) groups is 1. The lowest BCUT2D eigenvalue weighted by Crippen LogP contribution is -2.29. The minimum Gasteiger partial charge on any atom is -0.496 e. The monoisotopic (exact) mass is 364 g/mol. The molecule has 27 heavy (non-hydrogen) atoms. The van der Waals surface area contributed by atoms with Gasteiger partial charge in [0, 0.05) is 31.5 Å². The second-order valence-electron chi connectivity index (χ2n) is 6.95. The van der Waals surface area contributed by atoms with E-state index < -0.39 is 0 Å². The Hall–Kier alpha value is -3.02. The van der Waals surface area contributed by atoms with E-state index in [-0.39, 0.29) is 5.91 Å². The highest BCUT2D eigenvalue weighted by Gasteiger charge is 2.17. The minimum atomic E-state index is -0.174. The van der Waals surface area contributed by atoms with Crippen molar-refractivity contribution in [2.75, 3.05) is 30.4 Å². The minimum absolute atomic E-state index is 0.174. The van der Waals surface area contributed by atoms with Gasteiger partial charge in [-0.25, -0.2) is 4.98 Å². The van der Waals surface area contributed by atoms with E-state index in [9.17, 15) is 4.79 Å². The number of piperidine rings is 1. The largest absolute Gasteiger partial charge is 0.496 e. The van der Waals surface area contributed by atoms with Crippen LogP contribution in [-0.2, 0) is 7.05 Å². The molecule has 1 amide bonds. The molecule has 0 saturated carbocycles. The Balaban J connectivity index is 1.61. The Morgan fingerprint density at radius 3 is 2.70 bits per heavy atom. The third-order valence-electron chi connectivity index (χ3n) is 5.13. The SMILES string of the molecule is COc1ccc(N2CCCCC2)cc1C(=O)Nc1ccc2ncn(C)c2c1. The highest BCUT2D eigenvalue weighted by Crippen LogP contribution is 2.28.